The first kappa shape index (κ1) is 24.1. The number of anilines is 1. The third-order valence-electron chi connectivity index (χ3n) is 5.63. The van der Waals surface area contributed by atoms with Crippen molar-refractivity contribution in [1.29, 1.82) is 0 Å². The van der Waals surface area contributed by atoms with Gasteiger partial charge in [-0.2, -0.15) is 0 Å². The van der Waals surface area contributed by atoms with Crippen LogP contribution in [-0.2, 0) is 18.9 Å². The first-order valence-corrected chi connectivity index (χ1v) is 10.8. The van der Waals surface area contributed by atoms with Gasteiger partial charge in [0.25, 0.3) is 11.5 Å². The van der Waals surface area contributed by atoms with E-state index in [0.29, 0.717) is 31.7 Å². The summed E-state index contributed by atoms with van der Waals surface area (Å²) in [5.74, 6) is -0.316. The molecule has 1 saturated heterocycles. The summed E-state index contributed by atoms with van der Waals surface area (Å²) in [5.41, 5.74) is 0.748. The summed E-state index contributed by atoms with van der Waals surface area (Å²) in [7, 11) is 2.95. The van der Waals surface area contributed by atoms with Crippen molar-refractivity contribution >= 4 is 17.5 Å². The number of nitrogens with zero attached hydrogens (tertiary/aromatic N) is 6. The highest BCUT2D eigenvalue weighted by Crippen LogP contribution is 2.11. The van der Waals surface area contributed by atoms with Crippen LogP contribution < -0.4 is 16.1 Å². The monoisotopic (exact) mass is 454 g/mol. The first-order chi connectivity index (χ1) is 15.7. The Morgan fingerprint density at radius 2 is 1.82 bits per heavy atom. The fourth-order valence-corrected chi connectivity index (χ4v) is 3.64. The van der Waals surface area contributed by atoms with E-state index in [1.807, 2.05) is 24.8 Å². The molecular formula is C23H30N6O4. The van der Waals surface area contributed by atoms with Gasteiger partial charge < -0.3 is 14.4 Å². The normalized spacial score (nSPS) is 14.1. The molecule has 2 aromatic rings. The minimum Gasteiger partial charge on any atom is -0.336 e. The van der Waals surface area contributed by atoms with Gasteiger partial charge in [0.2, 0.25) is 5.91 Å². The van der Waals surface area contributed by atoms with Crippen molar-refractivity contribution in [3.05, 3.63) is 68.8 Å². The molecule has 1 aliphatic rings. The lowest BCUT2D eigenvalue weighted by molar-refractivity contribution is -0.120. The van der Waals surface area contributed by atoms with Crippen molar-refractivity contribution < 1.29 is 9.59 Å². The van der Waals surface area contributed by atoms with E-state index in [4.69, 9.17) is 0 Å². The fourth-order valence-electron chi connectivity index (χ4n) is 3.64. The Kier molecular flexibility index (Phi) is 7.59. The second-order valence-electron chi connectivity index (χ2n) is 8.37. The molecule has 0 saturated carbocycles. The highest BCUT2D eigenvalue weighted by molar-refractivity contribution is 5.95. The maximum absolute atomic E-state index is 13.3. The molecule has 0 spiro atoms. The zero-order valence-electron chi connectivity index (χ0n) is 19.5. The van der Waals surface area contributed by atoms with Gasteiger partial charge in [0.05, 0.1) is 12.1 Å². The Bertz CT molecular complexity index is 1160. The molecule has 0 bridgehead atoms. The third kappa shape index (κ3) is 5.64. The highest BCUT2D eigenvalue weighted by Gasteiger charge is 2.26. The van der Waals surface area contributed by atoms with Crippen LogP contribution in [0, 0.1) is 0 Å². The van der Waals surface area contributed by atoms with E-state index >= 15 is 0 Å². The smallest absolute Gasteiger partial charge is 0.330 e. The molecule has 2 aromatic heterocycles. The molecule has 10 heteroatoms. The average Bonchev–Trinajstić information content (AvgIpc) is 2.81. The lowest BCUT2D eigenvalue weighted by Gasteiger charge is -2.35. The van der Waals surface area contributed by atoms with Gasteiger partial charge in [0.1, 0.15) is 5.69 Å². The molecular weight excluding hydrogens is 424 g/mol. The number of hydrogen-bond acceptors (Lipinski definition) is 6. The number of allylic oxidation sites excluding steroid dienone is 1. The molecule has 0 radical (unpaired) electrons. The second-order valence-corrected chi connectivity index (χ2v) is 8.37. The first-order valence-electron chi connectivity index (χ1n) is 10.8. The number of piperazine rings is 1. The minimum absolute atomic E-state index is 0.0760. The number of amides is 2. The Morgan fingerprint density at radius 1 is 1.12 bits per heavy atom. The molecule has 176 valence electrons. The summed E-state index contributed by atoms with van der Waals surface area (Å²) in [6, 6.07) is 3.47. The Balaban J connectivity index is 1.72. The Hall–Kier alpha value is -3.53. The van der Waals surface area contributed by atoms with E-state index in [1.165, 1.54) is 22.7 Å². The summed E-state index contributed by atoms with van der Waals surface area (Å²) < 4.78 is 2.29. The largest absolute Gasteiger partial charge is 0.336 e. The SMILES string of the molecule is CC(C)=CCN(C(=O)CN1CCN(C(=O)c2cccnc2)CC1)c1cn(C)c(=O)n(C)c1=O. The number of hydrogen-bond donors (Lipinski definition) is 0. The third-order valence-corrected chi connectivity index (χ3v) is 5.63. The number of aryl methyl sites for hydroxylation is 1. The van der Waals surface area contributed by atoms with Gasteiger partial charge in [-0.15, -0.1) is 0 Å². The van der Waals surface area contributed by atoms with Crippen LogP contribution in [0.4, 0.5) is 5.69 Å². The molecule has 33 heavy (non-hydrogen) atoms. The fraction of sp³-hybridized carbons (Fsp3) is 0.435. The summed E-state index contributed by atoms with van der Waals surface area (Å²) in [6.07, 6.45) is 6.45. The maximum atomic E-state index is 13.3. The number of rotatable bonds is 6. The molecule has 0 aliphatic carbocycles. The van der Waals surface area contributed by atoms with E-state index < -0.39 is 11.2 Å². The van der Waals surface area contributed by atoms with Crippen molar-refractivity contribution in [2.24, 2.45) is 14.1 Å². The molecule has 1 aliphatic heterocycles. The van der Waals surface area contributed by atoms with E-state index in [2.05, 4.69) is 4.98 Å². The summed E-state index contributed by atoms with van der Waals surface area (Å²) >= 11 is 0. The summed E-state index contributed by atoms with van der Waals surface area (Å²) in [4.78, 5) is 59.8. The van der Waals surface area contributed by atoms with E-state index in [0.717, 1.165) is 10.1 Å². The number of carbonyl (C=O) groups is 2. The number of carbonyl (C=O) groups excluding carboxylic acids is 2. The van der Waals surface area contributed by atoms with Gasteiger partial charge in [0.15, 0.2) is 0 Å². The van der Waals surface area contributed by atoms with E-state index in [9.17, 15) is 19.2 Å². The molecule has 3 rings (SSSR count). The molecule has 1 fully saturated rings. The van der Waals surface area contributed by atoms with Gasteiger partial charge >= 0.3 is 5.69 Å². The van der Waals surface area contributed by atoms with Crippen LogP contribution in [0.1, 0.15) is 24.2 Å². The summed E-state index contributed by atoms with van der Waals surface area (Å²) in [5, 5.41) is 0. The van der Waals surface area contributed by atoms with Gasteiger partial charge in [0, 0.05) is 65.4 Å². The predicted octanol–water partition coefficient (Wildman–Crippen LogP) is 0.236. The zero-order chi connectivity index (χ0) is 24.1. The highest BCUT2D eigenvalue weighted by atomic mass is 16.2. The van der Waals surface area contributed by atoms with Crippen molar-refractivity contribution in [2.45, 2.75) is 13.8 Å². The average molecular weight is 455 g/mol. The molecule has 0 aromatic carbocycles. The van der Waals surface area contributed by atoms with Crippen molar-refractivity contribution in [1.82, 2.24) is 23.9 Å². The maximum Gasteiger partial charge on any atom is 0.330 e. The van der Waals surface area contributed by atoms with Crippen LogP contribution in [0.2, 0.25) is 0 Å². The number of aromatic nitrogens is 3. The van der Waals surface area contributed by atoms with Crippen LogP contribution in [0.5, 0.6) is 0 Å². The van der Waals surface area contributed by atoms with Crippen molar-refractivity contribution in [3.8, 4) is 0 Å². The molecule has 0 unspecified atom stereocenters. The second kappa shape index (κ2) is 10.4. The van der Waals surface area contributed by atoms with E-state index in [1.54, 1.807) is 36.5 Å². The van der Waals surface area contributed by atoms with Crippen molar-refractivity contribution in [3.63, 3.8) is 0 Å². The minimum atomic E-state index is -0.513. The number of pyridine rings is 1. The van der Waals surface area contributed by atoms with Gasteiger partial charge in [-0.1, -0.05) is 11.6 Å². The van der Waals surface area contributed by atoms with Crippen LogP contribution in [-0.4, -0.2) is 75.0 Å². The predicted molar refractivity (Wildman–Crippen MR) is 125 cm³/mol. The van der Waals surface area contributed by atoms with Crippen LogP contribution in [0.3, 0.4) is 0 Å². The zero-order valence-corrected chi connectivity index (χ0v) is 19.5. The van der Waals surface area contributed by atoms with Crippen molar-refractivity contribution in [2.75, 3.05) is 44.2 Å². The lowest BCUT2D eigenvalue weighted by Crippen LogP contribution is -2.52. The van der Waals surface area contributed by atoms with Gasteiger partial charge in [-0.3, -0.25) is 28.8 Å². The molecule has 2 amide bonds. The molecule has 0 atom stereocenters. The molecule has 0 N–H and O–H groups in total. The van der Waals surface area contributed by atoms with Gasteiger partial charge in [-0.05, 0) is 26.0 Å². The lowest BCUT2D eigenvalue weighted by atomic mass is 10.2. The molecule has 10 nitrogen and oxygen atoms in total. The molecule has 3 heterocycles. The standard InChI is InChI=1S/C23H30N6O4/c1-17(2)7-9-29(19-15-25(3)23(33)26(4)22(19)32)20(30)16-27-10-12-28(13-11-27)21(31)18-6-5-8-24-14-18/h5-8,14-15H,9-13,16H2,1-4H3. The van der Waals surface area contributed by atoms with Gasteiger partial charge in [-0.25, -0.2) is 4.79 Å². The van der Waals surface area contributed by atoms with Crippen LogP contribution >= 0.6 is 0 Å². The quantitative estimate of drug-likeness (QED) is 0.580. The topological polar surface area (TPSA) is 101 Å². The van der Waals surface area contributed by atoms with E-state index in [-0.39, 0.29) is 30.6 Å². The Morgan fingerprint density at radius 3 is 2.42 bits per heavy atom. The van der Waals surface area contributed by atoms with Crippen LogP contribution in [0.25, 0.3) is 0 Å². The van der Waals surface area contributed by atoms with Crippen LogP contribution in [0.15, 0.2) is 52.0 Å². The Labute approximate surface area is 192 Å². The summed E-state index contributed by atoms with van der Waals surface area (Å²) in [6.45, 7) is 6.25.